The minimum atomic E-state index is -0.336. The van der Waals surface area contributed by atoms with E-state index in [1.807, 2.05) is 13.8 Å². The average molecular weight is 285 g/mol. The Bertz CT molecular complexity index is 307. The molecule has 4 nitrogen and oxygen atoms in total. The van der Waals surface area contributed by atoms with Crippen molar-refractivity contribution in [3.63, 3.8) is 0 Å². The van der Waals surface area contributed by atoms with Gasteiger partial charge in [-0.2, -0.15) is 0 Å². The summed E-state index contributed by atoms with van der Waals surface area (Å²) in [7, 11) is 0. The monoisotopic (exact) mass is 285 g/mol. The molecule has 0 aromatic heterocycles. The molecule has 2 N–H and O–H groups in total. The van der Waals surface area contributed by atoms with Gasteiger partial charge in [0.15, 0.2) is 0 Å². The second-order valence-corrected chi connectivity index (χ2v) is 7.46. The van der Waals surface area contributed by atoms with Crippen LogP contribution in [0.1, 0.15) is 53.4 Å². The van der Waals surface area contributed by atoms with E-state index in [1.165, 1.54) is 0 Å². The van der Waals surface area contributed by atoms with Gasteiger partial charge in [0.05, 0.1) is 0 Å². The standard InChI is InChI=1S/C16H31NO3/c1-15(2,7-8-18)12-17-14(19)16(3,4)11-13-5-9-20-10-6-13/h13,18H,5-12H2,1-4H3,(H,17,19). The van der Waals surface area contributed by atoms with Crippen LogP contribution in [0, 0.1) is 16.7 Å². The van der Waals surface area contributed by atoms with Crippen LogP contribution in [0.25, 0.3) is 0 Å². The number of aliphatic hydroxyl groups excluding tert-OH is 1. The molecule has 1 rings (SSSR count). The molecule has 1 heterocycles. The molecule has 0 aliphatic carbocycles. The molecule has 118 valence electrons. The molecular formula is C16H31NO3. The van der Waals surface area contributed by atoms with E-state index in [1.54, 1.807) is 0 Å². The third-order valence-electron chi connectivity index (χ3n) is 4.27. The Morgan fingerprint density at radius 2 is 1.85 bits per heavy atom. The third kappa shape index (κ3) is 5.80. The topological polar surface area (TPSA) is 58.6 Å². The van der Waals surface area contributed by atoms with E-state index in [9.17, 15) is 4.79 Å². The lowest BCUT2D eigenvalue weighted by Gasteiger charge is -2.32. The van der Waals surface area contributed by atoms with Gasteiger partial charge < -0.3 is 15.2 Å². The molecule has 0 radical (unpaired) electrons. The second kappa shape index (κ2) is 7.41. The Balaban J connectivity index is 2.43. The largest absolute Gasteiger partial charge is 0.396 e. The molecule has 1 aliphatic heterocycles. The Hall–Kier alpha value is -0.610. The minimum absolute atomic E-state index is 0.0564. The zero-order chi connectivity index (χ0) is 15.2. The lowest BCUT2D eigenvalue weighted by molar-refractivity contribution is -0.131. The summed E-state index contributed by atoms with van der Waals surface area (Å²) in [6.07, 6.45) is 3.75. The van der Waals surface area contributed by atoms with Gasteiger partial charge >= 0.3 is 0 Å². The molecule has 0 aromatic rings. The van der Waals surface area contributed by atoms with Crippen LogP contribution in [0.2, 0.25) is 0 Å². The van der Waals surface area contributed by atoms with Crippen LogP contribution in [0.4, 0.5) is 0 Å². The smallest absolute Gasteiger partial charge is 0.225 e. The van der Waals surface area contributed by atoms with Crippen LogP contribution in [-0.2, 0) is 9.53 Å². The Labute approximate surface area is 123 Å². The van der Waals surface area contributed by atoms with Crippen molar-refractivity contribution in [1.82, 2.24) is 5.32 Å². The highest BCUT2D eigenvalue weighted by Crippen LogP contribution is 2.31. The van der Waals surface area contributed by atoms with E-state index < -0.39 is 0 Å². The molecule has 1 fully saturated rings. The molecule has 0 atom stereocenters. The Kier molecular flexibility index (Phi) is 6.46. The number of carbonyl (C=O) groups excluding carboxylic acids is 1. The molecule has 20 heavy (non-hydrogen) atoms. The fourth-order valence-electron chi connectivity index (χ4n) is 2.71. The average Bonchev–Trinajstić information content (AvgIpc) is 2.36. The predicted molar refractivity (Wildman–Crippen MR) is 80.4 cm³/mol. The fraction of sp³-hybridized carbons (Fsp3) is 0.938. The van der Waals surface area contributed by atoms with E-state index in [0.29, 0.717) is 18.9 Å². The molecule has 1 amide bonds. The first-order chi connectivity index (χ1) is 9.27. The maximum Gasteiger partial charge on any atom is 0.225 e. The Morgan fingerprint density at radius 3 is 2.40 bits per heavy atom. The normalized spacial score (nSPS) is 18.1. The van der Waals surface area contributed by atoms with Gasteiger partial charge in [-0.05, 0) is 37.0 Å². The first-order valence-electron chi connectivity index (χ1n) is 7.74. The summed E-state index contributed by atoms with van der Waals surface area (Å²) in [5, 5.41) is 12.1. The zero-order valence-electron chi connectivity index (χ0n) is 13.5. The number of hydrogen-bond acceptors (Lipinski definition) is 3. The van der Waals surface area contributed by atoms with Crippen molar-refractivity contribution in [1.29, 1.82) is 0 Å². The highest BCUT2D eigenvalue weighted by molar-refractivity contribution is 5.81. The van der Waals surface area contributed by atoms with Crippen molar-refractivity contribution >= 4 is 5.91 Å². The summed E-state index contributed by atoms with van der Waals surface area (Å²) in [4.78, 5) is 12.4. The molecule has 0 bridgehead atoms. The van der Waals surface area contributed by atoms with Crippen LogP contribution in [0.3, 0.4) is 0 Å². The predicted octanol–water partition coefficient (Wildman–Crippen LogP) is 2.35. The molecule has 0 spiro atoms. The number of carbonyl (C=O) groups is 1. The van der Waals surface area contributed by atoms with E-state index >= 15 is 0 Å². The van der Waals surface area contributed by atoms with Crippen molar-refractivity contribution in [2.24, 2.45) is 16.7 Å². The van der Waals surface area contributed by atoms with Gasteiger partial charge in [-0.25, -0.2) is 0 Å². The van der Waals surface area contributed by atoms with Crippen molar-refractivity contribution in [2.75, 3.05) is 26.4 Å². The lowest BCUT2D eigenvalue weighted by Crippen LogP contribution is -2.43. The van der Waals surface area contributed by atoms with Crippen LogP contribution in [0.5, 0.6) is 0 Å². The molecule has 1 aliphatic rings. The van der Waals surface area contributed by atoms with Gasteiger partial charge in [0, 0.05) is 31.8 Å². The first kappa shape index (κ1) is 17.4. The van der Waals surface area contributed by atoms with Gasteiger partial charge in [0.2, 0.25) is 5.91 Å². The zero-order valence-corrected chi connectivity index (χ0v) is 13.5. The molecule has 0 unspecified atom stereocenters. The molecular weight excluding hydrogens is 254 g/mol. The lowest BCUT2D eigenvalue weighted by atomic mass is 9.78. The quantitative estimate of drug-likeness (QED) is 0.755. The maximum absolute atomic E-state index is 12.4. The number of nitrogens with one attached hydrogen (secondary N) is 1. The maximum atomic E-state index is 12.4. The summed E-state index contributed by atoms with van der Waals surface area (Å²) in [5.74, 6) is 0.713. The SMILES string of the molecule is CC(C)(CCO)CNC(=O)C(C)(C)CC1CCOCC1. The first-order valence-corrected chi connectivity index (χ1v) is 7.74. The second-order valence-electron chi connectivity index (χ2n) is 7.46. The molecule has 0 aromatic carbocycles. The number of rotatable bonds is 7. The molecule has 1 saturated heterocycles. The third-order valence-corrected chi connectivity index (χ3v) is 4.27. The molecule has 4 heteroatoms. The number of ether oxygens (including phenoxy) is 1. The minimum Gasteiger partial charge on any atom is -0.396 e. The highest BCUT2D eigenvalue weighted by atomic mass is 16.5. The summed E-state index contributed by atoms with van der Waals surface area (Å²) in [6.45, 7) is 10.6. The van der Waals surface area contributed by atoms with Gasteiger partial charge in [0.25, 0.3) is 0 Å². The summed E-state index contributed by atoms with van der Waals surface area (Å²) in [5.41, 5.74) is -0.392. The van der Waals surface area contributed by atoms with Crippen LogP contribution < -0.4 is 5.32 Å². The molecule has 0 saturated carbocycles. The Morgan fingerprint density at radius 1 is 1.25 bits per heavy atom. The van der Waals surface area contributed by atoms with Crippen molar-refractivity contribution in [3.8, 4) is 0 Å². The van der Waals surface area contributed by atoms with E-state index in [0.717, 1.165) is 32.5 Å². The van der Waals surface area contributed by atoms with Crippen molar-refractivity contribution < 1.29 is 14.6 Å². The summed E-state index contributed by atoms with van der Waals surface area (Å²) < 4.78 is 5.37. The van der Waals surface area contributed by atoms with E-state index in [-0.39, 0.29) is 23.3 Å². The summed E-state index contributed by atoms with van der Waals surface area (Å²) in [6, 6.07) is 0. The van der Waals surface area contributed by atoms with E-state index in [4.69, 9.17) is 9.84 Å². The van der Waals surface area contributed by atoms with Crippen LogP contribution >= 0.6 is 0 Å². The number of aliphatic hydroxyl groups is 1. The van der Waals surface area contributed by atoms with Crippen LogP contribution in [-0.4, -0.2) is 37.4 Å². The number of amides is 1. The van der Waals surface area contributed by atoms with Crippen molar-refractivity contribution in [2.45, 2.75) is 53.4 Å². The van der Waals surface area contributed by atoms with Crippen molar-refractivity contribution in [3.05, 3.63) is 0 Å². The highest BCUT2D eigenvalue weighted by Gasteiger charge is 2.32. The van der Waals surface area contributed by atoms with Gasteiger partial charge in [0.1, 0.15) is 0 Å². The van der Waals surface area contributed by atoms with Gasteiger partial charge in [-0.3, -0.25) is 4.79 Å². The van der Waals surface area contributed by atoms with E-state index in [2.05, 4.69) is 19.2 Å². The number of hydrogen-bond donors (Lipinski definition) is 2. The summed E-state index contributed by atoms with van der Waals surface area (Å²) >= 11 is 0. The van der Waals surface area contributed by atoms with Gasteiger partial charge in [-0.1, -0.05) is 27.7 Å². The van der Waals surface area contributed by atoms with Crippen LogP contribution in [0.15, 0.2) is 0 Å². The fourth-order valence-corrected chi connectivity index (χ4v) is 2.71. The van der Waals surface area contributed by atoms with Gasteiger partial charge in [-0.15, -0.1) is 0 Å².